The molecule has 1 heterocycles. The lowest BCUT2D eigenvalue weighted by molar-refractivity contribution is -0.140. The van der Waals surface area contributed by atoms with Gasteiger partial charge in [-0.05, 0) is 26.2 Å². The van der Waals surface area contributed by atoms with Crippen LogP contribution in [0.4, 0.5) is 4.79 Å². The number of amides is 2. The Morgan fingerprint density at radius 2 is 2.12 bits per heavy atom. The van der Waals surface area contributed by atoms with E-state index in [4.69, 9.17) is 9.84 Å². The van der Waals surface area contributed by atoms with Gasteiger partial charge < -0.3 is 20.1 Å². The topological polar surface area (TPSA) is 78.9 Å². The fourth-order valence-corrected chi connectivity index (χ4v) is 2.19. The normalized spacial score (nSPS) is 29.8. The molecule has 0 aromatic rings. The molecule has 1 saturated heterocycles. The number of nitrogens with one attached hydrogen (secondary N) is 1. The van der Waals surface area contributed by atoms with E-state index in [1.54, 1.807) is 11.9 Å². The number of carbonyl (C=O) groups excluding carboxylic acids is 1. The highest BCUT2D eigenvalue weighted by atomic mass is 16.5. The summed E-state index contributed by atoms with van der Waals surface area (Å²) in [6.45, 7) is 2.57. The van der Waals surface area contributed by atoms with Crippen LogP contribution in [0, 0.1) is 0 Å². The van der Waals surface area contributed by atoms with E-state index in [1.165, 1.54) is 0 Å². The second kappa shape index (κ2) is 4.18. The molecule has 1 saturated carbocycles. The average molecular weight is 242 g/mol. The Labute approximate surface area is 99.9 Å². The van der Waals surface area contributed by atoms with Gasteiger partial charge in [0.1, 0.15) is 5.54 Å². The third-order valence-electron chi connectivity index (χ3n) is 3.66. The van der Waals surface area contributed by atoms with Crippen LogP contribution in [-0.4, -0.2) is 53.3 Å². The lowest BCUT2D eigenvalue weighted by Gasteiger charge is -2.28. The fourth-order valence-electron chi connectivity index (χ4n) is 2.19. The highest BCUT2D eigenvalue weighted by Crippen LogP contribution is 2.35. The smallest absolute Gasteiger partial charge is 0.329 e. The highest BCUT2D eigenvalue weighted by molar-refractivity contribution is 5.89. The Morgan fingerprint density at radius 3 is 2.53 bits per heavy atom. The molecule has 0 radical (unpaired) electrons. The lowest BCUT2D eigenvalue weighted by atomic mass is 10.1. The Hall–Kier alpha value is -1.30. The van der Waals surface area contributed by atoms with Crippen LogP contribution >= 0.6 is 0 Å². The van der Waals surface area contributed by atoms with Crippen LogP contribution in [0.5, 0.6) is 0 Å². The van der Waals surface area contributed by atoms with Gasteiger partial charge in [-0.3, -0.25) is 0 Å². The van der Waals surface area contributed by atoms with Crippen LogP contribution in [-0.2, 0) is 9.53 Å². The monoisotopic (exact) mass is 242 g/mol. The molecule has 0 bridgehead atoms. The molecule has 2 rings (SSSR count). The number of carboxylic acids is 1. The van der Waals surface area contributed by atoms with E-state index >= 15 is 0 Å². The summed E-state index contributed by atoms with van der Waals surface area (Å²) >= 11 is 0. The number of likely N-dealkylation sites (N-methyl/N-ethyl adjacent to an activating group) is 1. The number of nitrogens with zero attached hydrogens (tertiary/aromatic N) is 1. The number of carbonyl (C=O) groups is 2. The van der Waals surface area contributed by atoms with Crippen LogP contribution in [0.2, 0.25) is 0 Å². The van der Waals surface area contributed by atoms with Gasteiger partial charge >= 0.3 is 12.0 Å². The number of ether oxygens (including phenoxy) is 1. The number of aliphatic carboxylic acids is 1. The van der Waals surface area contributed by atoms with Crippen LogP contribution in [0.1, 0.15) is 26.2 Å². The van der Waals surface area contributed by atoms with Crippen molar-refractivity contribution in [3.05, 3.63) is 0 Å². The van der Waals surface area contributed by atoms with Gasteiger partial charge in [0.25, 0.3) is 0 Å². The molecule has 6 heteroatoms. The van der Waals surface area contributed by atoms with Crippen LogP contribution in [0.3, 0.4) is 0 Å². The third-order valence-corrected chi connectivity index (χ3v) is 3.66. The van der Waals surface area contributed by atoms with Crippen molar-refractivity contribution in [3.63, 3.8) is 0 Å². The third kappa shape index (κ3) is 2.22. The van der Waals surface area contributed by atoms with E-state index in [2.05, 4.69) is 5.32 Å². The number of hydrogen-bond donors (Lipinski definition) is 2. The zero-order chi connectivity index (χ0) is 12.6. The Morgan fingerprint density at radius 1 is 1.47 bits per heavy atom. The number of hydrogen-bond acceptors (Lipinski definition) is 3. The summed E-state index contributed by atoms with van der Waals surface area (Å²) < 4.78 is 5.39. The largest absolute Gasteiger partial charge is 0.480 e. The first-order valence-corrected chi connectivity index (χ1v) is 5.86. The van der Waals surface area contributed by atoms with E-state index in [9.17, 15) is 9.59 Å². The summed E-state index contributed by atoms with van der Waals surface area (Å²) in [6, 6.07) is -0.299. The van der Waals surface area contributed by atoms with Crippen LogP contribution in [0.15, 0.2) is 0 Å². The van der Waals surface area contributed by atoms with Crippen molar-refractivity contribution >= 4 is 12.0 Å². The molecular formula is C11H18N2O4. The standard InChI is InChI=1S/C11H18N2O4/c1-7-8(3-6-17-7)13(2)10(16)12-11(4-5-11)9(14)15/h7-8H,3-6H2,1-2H3,(H,12,16)(H,14,15). The van der Waals surface area contributed by atoms with E-state index in [1.807, 2.05) is 6.92 Å². The molecule has 17 heavy (non-hydrogen) atoms. The first-order chi connectivity index (χ1) is 7.96. The molecule has 1 aliphatic carbocycles. The second-order valence-electron chi connectivity index (χ2n) is 4.86. The number of carboxylic acid groups (broad SMARTS) is 1. The quantitative estimate of drug-likeness (QED) is 0.752. The van der Waals surface area contributed by atoms with Gasteiger partial charge in [0.2, 0.25) is 0 Å². The maximum absolute atomic E-state index is 11.9. The van der Waals surface area contributed by atoms with E-state index in [-0.39, 0.29) is 18.2 Å². The predicted molar refractivity (Wildman–Crippen MR) is 59.7 cm³/mol. The van der Waals surface area contributed by atoms with Gasteiger partial charge in [-0.2, -0.15) is 0 Å². The first kappa shape index (κ1) is 12.2. The van der Waals surface area contributed by atoms with Crippen molar-refractivity contribution in [2.24, 2.45) is 0 Å². The van der Waals surface area contributed by atoms with Crippen molar-refractivity contribution in [3.8, 4) is 0 Å². The SMILES string of the molecule is CC1OCCC1N(C)C(=O)NC1(C(=O)O)CC1. The molecular weight excluding hydrogens is 224 g/mol. The maximum Gasteiger partial charge on any atom is 0.329 e. The Bertz CT molecular complexity index is 340. The van der Waals surface area contributed by atoms with Gasteiger partial charge in [0.05, 0.1) is 12.1 Å². The summed E-state index contributed by atoms with van der Waals surface area (Å²) in [5, 5.41) is 11.6. The summed E-state index contributed by atoms with van der Waals surface area (Å²) in [4.78, 5) is 24.5. The van der Waals surface area contributed by atoms with E-state index < -0.39 is 11.5 Å². The number of urea groups is 1. The van der Waals surface area contributed by atoms with Gasteiger partial charge in [0.15, 0.2) is 0 Å². The van der Waals surface area contributed by atoms with Crippen LogP contribution in [0.25, 0.3) is 0 Å². The summed E-state index contributed by atoms with van der Waals surface area (Å²) in [6.07, 6.45) is 1.83. The fraction of sp³-hybridized carbons (Fsp3) is 0.818. The molecule has 0 aromatic carbocycles. The summed E-state index contributed by atoms with van der Waals surface area (Å²) in [5.41, 5.74) is -1.02. The molecule has 0 spiro atoms. The molecule has 2 atom stereocenters. The molecule has 6 nitrogen and oxygen atoms in total. The molecule has 2 N–H and O–H groups in total. The molecule has 2 fully saturated rings. The van der Waals surface area contributed by atoms with Crippen molar-refractivity contribution in [2.45, 2.75) is 43.9 Å². The Kier molecular flexibility index (Phi) is 2.99. The summed E-state index contributed by atoms with van der Waals surface area (Å²) in [7, 11) is 1.68. The van der Waals surface area contributed by atoms with Crippen LogP contribution < -0.4 is 5.32 Å². The molecule has 2 unspecified atom stereocenters. The molecule has 1 aliphatic heterocycles. The van der Waals surface area contributed by atoms with Gasteiger partial charge in [-0.1, -0.05) is 0 Å². The van der Waals surface area contributed by atoms with Crippen molar-refractivity contribution in [2.75, 3.05) is 13.7 Å². The number of rotatable bonds is 3. The first-order valence-electron chi connectivity index (χ1n) is 5.86. The van der Waals surface area contributed by atoms with E-state index in [0.717, 1.165) is 6.42 Å². The van der Waals surface area contributed by atoms with Gasteiger partial charge in [0, 0.05) is 13.7 Å². The molecule has 2 amide bonds. The zero-order valence-corrected chi connectivity index (χ0v) is 10.1. The highest BCUT2D eigenvalue weighted by Gasteiger charge is 2.52. The van der Waals surface area contributed by atoms with Gasteiger partial charge in [-0.15, -0.1) is 0 Å². The summed E-state index contributed by atoms with van der Waals surface area (Å²) in [5.74, 6) is -0.949. The Balaban J connectivity index is 1.94. The molecule has 0 aromatic heterocycles. The molecule has 2 aliphatic rings. The van der Waals surface area contributed by atoms with Gasteiger partial charge in [-0.25, -0.2) is 9.59 Å². The lowest BCUT2D eigenvalue weighted by Crippen LogP contribution is -2.52. The molecule has 96 valence electrons. The maximum atomic E-state index is 11.9. The second-order valence-corrected chi connectivity index (χ2v) is 4.86. The minimum atomic E-state index is -1.02. The average Bonchev–Trinajstić information content (AvgIpc) is 2.93. The van der Waals surface area contributed by atoms with Crippen molar-refractivity contribution < 1.29 is 19.4 Å². The van der Waals surface area contributed by atoms with E-state index in [0.29, 0.717) is 19.4 Å². The predicted octanol–water partition coefficient (Wildman–Crippen LogP) is 0.422. The minimum absolute atomic E-state index is 0.00531. The van der Waals surface area contributed by atoms with Crippen molar-refractivity contribution in [1.82, 2.24) is 10.2 Å². The zero-order valence-electron chi connectivity index (χ0n) is 10.1. The minimum Gasteiger partial charge on any atom is -0.480 e. The van der Waals surface area contributed by atoms with Crippen molar-refractivity contribution in [1.29, 1.82) is 0 Å².